The van der Waals surface area contributed by atoms with Crippen molar-refractivity contribution in [3.63, 3.8) is 0 Å². The zero-order chi connectivity index (χ0) is 9.52. The van der Waals surface area contributed by atoms with Gasteiger partial charge in [0.25, 0.3) is 0 Å². The molecule has 0 aromatic heterocycles. The van der Waals surface area contributed by atoms with Crippen molar-refractivity contribution in [1.29, 1.82) is 0 Å². The Balaban J connectivity index is 2.34. The Morgan fingerprint density at radius 3 is 2.62 bits per heavy atom. The van der Waals surface area contributed by atoms with E-state index in [1.165, 1.54) is 4.90 Å². The van der Waals surface area contributed by atoms with E-state index in [0.717, 1.165) is 12.2 Å². The largest absolute Gasteiger partial charge is 0.271 e. The summed E-state index contributed by atoms with van der Waals surface area (Å²) in [6, 6.07) is 10.8. The van der Waals surface area contributed by atoms with E-state index in [0.29, 0.717) is 6.04 Å². The SMILES string of the molecule is CCC(CSc1ccccc1)NN. The van der Waals surface area contributed by atoms with Gasteiger partial charge in [0.2, 0.25) is 0 Å². The highest BCUT2D eigenvalue weighted by Gasteiger charge is 2.03. The van der Waals surface area contributed by atoms with Crippen LogP contribution >= 0.6 is 11.8 Å². The zero-order valence-electron chi connectivity index (χ0n) is 7.86. The maximum Gasteiger partial charge on any atom is 0.0302 e. The number of rotatable bonds is 5. The lowest BCUT2D eigenvalue weighted by atomic mass is 10.3. The van der Waals surface area contributed by atoms with Crippen LogP contribution in [0.2, 0.25) is 0 Å². The molecular weight excluding hydrogens is 180 g/mol. The van der Waals surface area contributed by atoms with Crippen molar-refractivity contribution in [3.8, 4) is 0 Å². The van der Waals surface area contributed by atoms with Crippen molar-refractivity contribution in [2.75, 3.05) is 5.75 Å². The molecule has 0 spiro atoms. The fraction of sp³-hybridized carbons (Fsp3) is 0.400. The first-order chi connectivity index (χ1) is 6.36. The van der Waals surface area contributed by atoms with E-state index in [9.17, 15) is 0 Å². The van der Waals surface area contributed by atoms with E-state index in [1.807, 2.05) is 17.8 Å². The van der Waals surface area contributed by atoms with Crippen LogP contribution in [-0.2, 0) is 0 Å². The molecule has 0 aliphatic carbocycles. The molecule has 72 valence electrons. The summed E-state index contributed by atoms with van der Waals surface area (Å²) in [5, 5.41) is 0. The van der Waals surface area contributed by atoms with Crippen LogP contribution in [0, 0.1) is 0 Å². The minimum Gasteiger partial charge on any atom is -0.271 e. The summed E-state index contributed by atoms with van der Waals surface area (Å²) in [5.41, 5.74) is 2.80. The summed E-state index contributed by atoms with van der Waals surface area (Å²) in [7, 11) is 0. The number of nitrogens with one attached hydrogen (secondary N) is 1. The van der Waals surface area contributed by atoms with E-state index in [2.05, 4.69) is 36.6 Å². The van der Waals surface area contributed by atoms with Gasteiger partial charge in [0, 0.05) is 16.7 Å². The van der Waals surface area contributed by atoms with Gasteiger partial charge in [-0.25, -0.2) is 0 Å². The van der Waals surface area contributed by atoms with E-state index in [4.69, 9.17) is 5.84 Å². The van der Waals surface area contributed by atoms with Crippen molar-refractivity contribution in [3.05, 3.63) is 30.3 Å². The van der Waals surface area contributed by atoms with Gasteiger partial charge in [-0.3, -0.25) is 11.3 Å². The fourth-order valence-electron chi connectivity index (χ4n) is 0.997. The van der Waals surface area contributed by atoms with Gasteiger partial charge in [-0.05, 0) is 18.6 Å². The van der Waals surface area contributed by atoms with Gasteiger partial charge in [0.1, 0.15) is 0 Å². The molecule has 1 rings (SSSR count). The van der Waals surface area contributed by atoms with Crippen molar-refractivity contribution in [1.82, 2.24) is 5.43 Å². The highest BCUT2D eigenvalue weighted by molar-refractivity contribution is 7.99. The summed E-state index contributed by atoms with van der Waals surface area (Å²) in [4.78, 5) is 1.30. The monoisotopic (exact) mass is 196 g/mol. The van der Waals surface area contributed by atoms with Gasteiger partial charge in [-0.15, -0.1) is 11.8 Å². The standard InChI is InChI=1S/C10H16N2S/c1-2-9(12-11)8-13-10-6-4-3-5-7-10/h3-7,9,12H,2,8,11H2,1H3. The van der Waals surface area contributed by atoms with Gasteiger partial charge in [0.15, 0.2) is 0 Å². The molecule has 0 saturated heterocycles. The lowest BCUT2D eigenvalue weighted by Gasteiger charge is -2.12. The summed E-state index contributed by atoms with van der Waals surface area (Å²) < 4.78 is 0. The maximum atomic E-state index is 5.38. The predicted octanol–water partition coefficient (Wildman–Crippen LogP) is 2.02. The topological polar surface area (TPSA) is 38.0 Å². The number of thioether (sulfide) groups is 1. The van der Waals surface area contributed by atoms with E-state index >= 15 is 0 Å². The first-order valence-electron chi connectivity index (χ1n) is 4.50. The second-order valence-corrected chi connectivity index (χ2v) is 3.99. The average Bonchev–Trinajstić information content (AvgIpc) is 2.21. The zero-order valence-corrected chi connectivity index (χ0v) is 8.68. The van der Waals surface area contributed by atoms with Gasteiger partial charge in [0.05, 0.1) is 0 Å². The molecule has 2 nitrogen and oxygen atoms in total. The molecule has 1 unspecified atom stereocenters. The molecule has 3 N–H and O–H groups in total. The molecule has 0 saturated carbocycles. The summed E-state index contributed by atoms with van der Waals surface area (Å²) in [5.74, 6) is 6.41. The minimum atomic E-state index is 0.408. The summed E-state index contributed by atoms with van der Waals surface area (Å²) in [6.07, 6.45) is 1.07. The van der Waals surface area contributed by atoms with E-state index < -0.39 is 0 Å². The van der Waals surface area contributed by atoms with Crippen molar-refractivity contribution in [2.24, 2.45) is 5.84 Å². The number of nitrogens with two attached hydrogens (primary N) is 1. The first-order valence-corrected chi connectivity index (χ1v) is 5.49. The predicted molar refractivity (Wildman–Crippen MR) is 58.6 cm³/mol. The molecule has 0 radical (unpaired) electrons. The van der Waals surface area contributed by atoms with Crippen molar-refractivity contribution in [2.45, 2.75) is 24.3 Å². The molecule has 0 heterocycles. The van der Waals surface area contributed by atoms with Gasteiger partial charge in [-0.1, -0.05) is 25.1 Å². The number of hydrogen-bond donors (Lipinski definition) is 2. The molecule has 1 aromatic carbocycles. The summed E-state index contributed by atoms with van der Waals surface area (Å²) in [6.45, 7) is 2.13. The Morgan fingerprint density at radius 1 is 1.38 bits per heavy atom. The highest BCUT2D eigenvalue weighted by Crippen LogP contribution is 2.18. The Bertz CT molecular complexity index is 222. The Kier molecular flexibility index (Phi) is 4.90. The van der Waals surface area contributed by atoms with Gasteiger partial charge in [-0.2, -0.15) is 0 Å². The minimum absolute atomic E-state index is 0.408. The smallest absolute Gasteiger partial charge is 0.0302 e. The van der Waals surface area contributed by atoms with Gasteiger partial charge < -0.3 is 0 Å². The lowest BCUT2D eigenvalue weighted by molar-refractivity contribution is 0.562. The van der Waals surface area contributed by atoms with Crippen molar-refractivity contribution >= 4 is 11.8 Å². The van der Waals surface area contributed by atoms with Crippen LogP contribution in [0.5, 0.6) is 0 Å². The fourth-order valence-corrected chi connectivity index (χ4v) is 2.07. The van der Waals surface area contributed by atoms with Crippen LogP contribution in [0.15, 0.2) is 35.2 Å². The molecule has 0 bridgehead atoms. The molecule has 0 fully saturated rings. The Labute approximate surface area is 83.9 Å². The molecule has 1 aromatic rings. The Hall–Kier alpha value is -0.510. The van der Waals surface area contributed by atoms with E-state index in [-0.39, 0.29) is 0 Å². The molecule has 13 heavy (non-hydrogen) atoms. The second-order valence-electron chi connectivity index (χ2n) is 2.90. The van der Waals surface area contributed by atoms with Crippen LogP contribution in [0.4, 0.5) is 0 Å². The molecule has 1 atom stereocenters. The van der Waals surface area contributed by atoms with Gasteiger partial charge >= 0.3 is 0 Å². The average molecular weight is 196 g/mol. The number of benzene rings is 1. The lowest BCUT2D eigenvalue weighted by Crippen LogP contribution is -2.36. The molecule has 0 aliphatic heterocycles. The van der Waals surface area contributed by atoms with Crippen molar-refractivity contribution < 1.29 is 0 Å². The first kappa shape index (κ1) is 10.6. The highest BCUT2D eigenvalue weighted by atomic mass is 32.2. The Morgan fingerprint density at radius 2 is 2.08 bits per heavy atom. The third kappa shape index (κ3) is 3.81. The van der Waals surface area contributed by atoms with Crippen LogP contribution in [0.25, 0.3) is 0 Å². The third-order valence-electron chi connectivity index (χ3n) is 1.92. The second kappa shape index (κ2) is 6.02. The molecular formula is C10H16N2S. The third-order valence-corrected chi connectivity index (χ3v) is 3.10. The quantitative estimate of drug-likeness (QED) is 0.430. The van der Waals surface area contributed by atoms with E-state index in [1.54, 1.807) is 0 Å². The van der Waals surface area contributed by atoms with Crippen LogP contribution in [0.1, 0.15) is 13.3 Å². The number of hydrogen-bond acceptors (Lipinski definition) is 3. The molecule has 0 amide bonds. The molecule has 3 heteroatoms. The number of hydrazine groups is 1. The normalized spacial score (nSPS) is 12.8. The van der Waals surface area contributed by atoms with Crippen LogP contribution < -0.4 is 11.3 Å². The van der Waals surface area contributed by atoms with Crippen LogP contribution in [-0.4, -0.2) is 11.8 Å². The molecule has 0 aliphatic rings. The summed E-state index contributed by atoms with van der Waals surface area (Å²) >= 11 is 1.84. The maximum absolute atomic E-state index is 5.38. The van der Waals surface area contributed by atoms with Crippen LogP contribution in [0.3, 0.4) is 0 Å².